The molecule has 7 heteroatoms. The van der Waals surface area contributed by atoms with E-state index in [1.165, 1.54) is 29.5 Å². The van der Waals surface area contributed by atoms with Gasteiger partial charge >= 0.3 is 5.97 Å². The zero-order valence-corrected chi connectivity index (χ0v) is 23.8. The van der Waals surface area contributed by atoms with Crippen LogP contribution >= 0.6 is 11.6 Å². The van der Waals surface area contributed by atoms with Crippen LogP contribution in [-0.2, 0) is 18.4 Å². The Morgan fingerprint density at radius 2 is 1.95 bits per heavy atom. The normalized spacial score (nSPS) is 23.4. The smallest absolute Gasteiger partial charge is 0.335 e. The predicted molar refractivity (Wildman–Crippen MR) is 158 cm³/mol. The van der Waals surface area contributed by atoms with Crippen molar-refractivity contribution in [2.45, 2.75) is 44.1 Å². The van der Waals surface area contributed by atoms with Crippen molar-refractivity contribution in [1.82, 2.24) is 5.32 Å². The zero-order chi connectivity index (χ0) is 27.7. The summed E-state index contributed by atoms with van der Waals surface area (Å²) in [6.45, 7) is 4.07. The van der Waals surface area contributed by atoms with Crippen molar-refractivity contribution < 1.29 is 19.4 Å². The lowest BCUT2D eigenvalue weighted by Gasteiger charge is -2.44. The summed E-state index contributed by atoms with van der Waals surface area (Å²) in [5, 5.41) is 14.2. The number of anilines is 1. The Balaban J connectivity index is 1.22. The Labute approximate surface area is 241 Å². The molecule has 40 heavy (non-hydrogen) atoms. The van der Waals surface area contributed by atoms with Gasteiger partial charge in [0, 0.05) is 30.1 Å². The quantitative estimate of drug-likeness (QED) is 0.335. The van der Waals surface area contributed by atoms with Crippen molar-refractivity contribution in [2.75, 3.05) is 38.3 Å². The fourth-order valence-corrected chi connectivity index (χ4v) is 7.02. The highest BCUT2D eigenvalue weighted by Crippen LogP contribution is 2.46. The third-order valence-electron chi connectivity index (χ3n) is 9.21. The van der Waals surface area contributed by atoms with Crippen LogP contribution in [-0.4, -0.2) is 44.4 Å². The van der Waals surface area contributed by atoms with Gasteiger partial charge in [0.2, 0.25) is 0 Å². The first-order chi connectivity index (χ1) is 19.4. The first-order valence-electron chi connectivity index (χ1n) is 14.3. The maximum atomic E-state index is 11.9. The van der Waals surface area contributed by atoms with E-state index in [9.17, 15) is 9.90 Å². The van der Waals surface area contributed by atoms with Crippen LogP contribution in [0, 0.1) is 11.8 Å². The fraction of sp³-hybridized carbons (Fsp3) is 0.424. The molecule has 210 valence electrons. The van der Waals surface area contributed by atoms with E-state index in [0.29, 0.717) is 24.0 Å². The first kappa shape index (κ1) is 27.0. The molecule has 1 heterocycles. The van der Waals surface area contributed by atoms with Crippen LogP contribution in [0.3, 0.4) is 0 Å². The largest absolute Gasteiger partial charge is 0.497 e. The van der Waals surface area contributed by atoms with Crippen molar-refractivity contribution in [3.63, 3.8) is 0 Å². The third-order valence-corrected chi connectivity index (χ3v) is 9.44. The summed E-state index contributed by atoms with van der Waals surface area (Å²) in [4.78, 5) is 14.3. The Morgan fingerprint density at radius 3 is 2.70 bits per heavy atom. The van der Waals surface area contributed by atoms with E-state index in [4.69, 9.17) is 21.1 Å². The van der Waals surface area contributed by atoms with Gasteiger partial charge in [-0.25, -0.2) is 4.79 Å². The van der Waals surface area contributed by atoms with Gasteiger partial charge < -0.3 is 24.8 Å². The molecule has 6 nitrogen and oxygen atoms in total. The highest BCUT2D eigenvalue weighted by molar-refractivity contribution is 6.30. The second-order valence-electron chi connectivity index (χ2n) is 11.7. The summed E-state index contributed by atoms with van der Waals surface area (Å²) in [5.41, 5.74) is 4.91. The molecule has 3 atom stereocenters. The van der Waals surface area contributed by atoms with Crippen molar-refractivity contribution in [2.24, 2.45) is 11.8 Å². The Hall–Kier alpha value is -3.22. The van der Waals surface area contributed by atoms with E-state index < -0.39 is 5.97 Å². The van der Waals surface area contributed by atoms with Gasteiger partial charge in [0.25, 0.3) is 0 Å². The minimum atomic E-state index is -0.913. The van der Waals surface area contributed by atoms with Gasteiger partial charge in [-0.3, -0.25) is 0 Å². The predicted octanol–water partition coefficient (Wildman–Crippen LogP) is 6.34. The molecule has 2 aliphatic carbocycles. The van der Waals surface area contributed by atoms with Crippen LogP contribution in [0.5, 0.6) is 11.5 Å². The Bertz CT molecular complexity index is 1380. The number of carboxylic acid groups (broad SMARTS) is 1. The van der Waals surface area contributed by atoms with Gasteiger partial charge in [0.1, 0.15) is 11.5 Å². The SMILES string of the molecule is COc1ccc(CNC[C@@H]2CC[C@H]2CN2CC3(CCCc4cc(Cl)ccc43)COc3ccc(C(=O)O)cc32)cc1. The molecule has 3 aliphatic rings. The second-order valence-corrected chi connectivity index (χ2v) is 12.1. The number of rotatable bonds is 8. The molecule has 0 aromatic heterocycles. The number of nitrogens with one attached hydrogen (secondary N) is 1. The summed E-state index contributed by atoms with van der Waals surface area (Å²) in [6.07, 6.45) is 5.54. The number of halogens is 1. The monoisotopic (exact) mass is 560 g/mol. The summed E-state index contributed by atoms with van der Waals surface area (Å²) in [6, 6.07) is 19.8. The number of carbonyl (C=O) groups is 1. The molecule has 1 saturated carbocycles. The van der Waals surface area contributed by atoms with Crippen molar-refractivity contribution >= 4 is 23.3 Å². The van der Waals surface area contributed by atoms with Crippen LogP contribution in [0.1, 0.15) is 52.7 Å². The molecular formula is C33H37ClN2O4. The molecule has 3 aromatic rings. The highest BCUT2D eigenvalue weighted by Gasteiger charge is 2.43. The molecule has 0 radical (unpaired) electrons. The number of nitrogens with zero attached hydrogens (tertiary/aromatic N) is 1. The van der Waals surface area contributed by atoms with Crippen molar-refractivity contribution in [3.8, 4) is 11.5 Å². The van der Waals surface area contributed by atoms with E-state index in [2.05, 4.69) is 34.5 Å². The lowest BCUT2D eigenvalue weighted by Crippen LogP contribution is -2.49. The molecule has 3 aromatic carbocycles. The van der Waals surface area contributed by atoms with Gasteiger partial charge in [0.05, 0.1) is 25.0 Å². The minimum Gasteiger partial charge on any atom is -0.497 e. The second kappa shape index (κ2) is 11.3. The molecule has 0 saturated heterocycles. The lowest BCUT2D eigenvalue weighted by molar-refractivity contribution is 0.0697. The number of benzene rings is 3. The molecule has 1 spiro atoms. The van der Waals surface area contributed by atoms with Crippen LogP contribution in [0.15, 0.2) is 60.7 Å². The Kier molecular flexibility index (Phi) is 7.65. The fourth-order valence-electron chi connectivity index (χ4n) is 6.82. The average molecular weight is 561 g/mol. The summed E-state index contributed by atoms with van der Waals surface area (Å²) in [5.74, 6) is 1.85. The maximum Gasteiger partial charge on any atom is 0.335 e. The lowest BCUT2D eigenvalue weighted by atomic mass is 9.69. The standard InChI is InChI=1S/C33H37ClN2O4/c1-39-28-10-4-22(5-11-28)17-35-18-25-6-7-26(25)19-36-20-33(14-2-3-23-15-27(34)9-12-29(23)33)21-40-31-13-8-24(32(37)38)16-30(31)36/h4-5,8-13,15-16,25-26,35H,2-3,6-7,14,17-21H2,1H3,(H,37,38)/t25-,26-,33?/m0/s1. The molecule has 2 N–H and O–H groups in total. The van der Waals surface area contributed by atoms with Crippen molar-refractivity contribution in [3.05, 3.63) is 87.9 Å². The van der Waals surface area contributed by atoms with Gasteiger partial charge in [-0.1, -0.05) is 29.8 Å². The number of ether oxygens (including phenoxy) is 2. The number of methoxy groups -OCH3 is 1. The zero-order valence-electron chi connectivity index (χ0n) is 23.0. The van der Waals surface area contributed by atoms with E-state index >= 15 is 0 Å². The maximum absolute atomic E-state index is 11.9. The summed E-state index contributed by atoms with van der Waals surface area (Å²) in [7, 11) is 1.69. The van der Waals surface area contributed by atoms with Gasteiger partial charge in [-0.2, -0.15) is 0 Å². The molecule has 0 bridgehead atoms. The van der Waals surface area contributed by atoms with E-state index in [1.807, 2.05) is 24.3 Å². The molecule has 0 amide bonds. The van der Waals surface area contributed by atoms with Gasteiger partial charge in [0.15, 0.2) is 0 Å². The molecule has 1 fully saturated rings. The number of aryl methyl sites for hydroxylation is 1. The van der Waals surface area contributed by atoms with Crippen LogP contribution in [0.25, 0.3) is 0 Å². The number of fused-ring (bicyclic) bond motifs is 3. The number of hydrogen-bond acceptors (Lipinski definition) is 5. The Morgan fingerprint density at radius 1 is 1.12 bits per heavy atom. The minimum absolute atomic E-state index is 0.160. The van der Waals surface area contributed by atoms with E-state index in [1.54, 1.807) is 19.2 Å². The number of carboxylic acids is 1. The molecule has 1 aliphatic heterocycles. The average Bonchev–Trinajstić information content (AvgIpc) is 3.10. The molecular weight excluding hydrogens is 524 g/mol. The highest BCUT2D eigenvalue weighted by atomic mass is 35.5. The van der Waals surface area contributed by atoms with E-state index in [0.717, 1.165) is 67.7 Å². The van der Waals surface area contributed by atoms with E-state index in [-0.39, 0.29) is 5.41 Å². The summed E-state index contributed by atoms with van der Waals surface area (Å²) >= 11 is 6.38. The van der Waals surface area contributed by atoms with Gasteiger partial charge in [-0.05, 0) is 110 Å². The molecule has 1 unspecified atom stereocenters. The number of hydrogen-bond donors (Lipinski definition) is 2. The van der Waals surface area contributed by atoms with Crippen LogP contribution in [0.4, 0.5) is 5.69 Å². The molecule has 6 rings (SSSR count). The van der Waals surface area contributed by atoms with Crippen molar-refractivity contribution in [1.29, 1.82) is 0 Å². The summed E-state index contributed by atoms with van der Waals surface area (Å²) < 4.78 is 11.8. The van der Waals surface area contributed by atoms with Gasteiger partial charge in [-0.15, -0.1) is 0 Å². The number of aromatic carboxylic acids is 1. The van der Waals surface area contributed by atoms with Crippen LogP contribution in [0.2, 0.25) is 5.02 Å². The topological polar surface area (TPSA) is 71.0 Å². The first-order valence-corrected chi connectivity index (χ1v) is 14.7. The third kappa shape index (κ3) is 5.39. The van der Waals surface area contributed by atoms with Crippen LogP contribution < -0.4 is 19.7 Å².